The fourth-order valence-corrected chi connectivity index (χ4v) is 40.6. The first-order chi connectivity index (χ1) is 21.5. The minimum atomic E-state index is -4.85. The van der Waals surface area contributed by atoms with E-state index >= 15 is 0 Å². The van der Waals surface area contributed by atoms with Crippen molar-refractivity contribution in [2.24, 2.45) is 5.92 Å². The summed E-state index contributed by atoms with van der Waals surface area (Å²) in [5.41, 5.74) is 17.4. The molecular formula is C42H49Cl2SiZr. The molecule has 2 aliphatic rings. The van der Waals surface area contributed by atoms with E-state index in [0.29, 0.717) is 5.92 Å². The van der Waals surface area contributed by atoms with Crippen LogP contribution in [-0.2, 0) is 21.0 Å². The quantitative estimate of drug-likeness (QED) is 0.173. The molecule has 4 aromatic rings. The number of hydrogen-bond acceptors (Lipinski definition) is 0. The van der Waals surface area contributed by atoms with Crippen molar-refractivity contribution < 1.29 is 15.6 Å². The van der Waals surface area contributed by atoms with E-state index in [1.54, 1.807) is 0 Å². The number of benzene rings is 4. The molecule has 4 aromatic carbocycles. The summed E-state index contributed by atoms with van der Waals surface area (Å²) >= 11 is -4.85. The van der Waals surface area contributed by atoms with Crippen molar-refractivity contribution in [1.29, 1.82) is 0 Å². The Balaban J connectivity index is 1.60. The van der Waals surface area contributed by atoms with Gasteiger partial charge in [0.05, 0.1) is 0 Å². The summed E-state index contributed by atoms with van der Waals surface area (Å²) in [5, 5.41) is 0. The van der Waals surface area contributed by atoms with Gasteiger partial charge >= 0.3 is 289 Å². The van der Waals surface area contributed by atoms with Crippen LogP contribution >= 0.6 is 17.0 Å². The van der Waals surface area contributed by atoms with Crippen molar-refractivity contribution >= 4 is 35.1 Å². The van der Waals surface area contributed by atoms with Crippen LogP contribution in [-0.4, -0.2) is 5.92 Å². The van der Waals surface area contributed by atoms with Gasteiger partial charge in [-0.05, 0) is 0 Å². The van der Waals surface area contributed by atoms with Crippen molar-refractivity contribution in [3.05, 3.63) is 129 Å². The molecule has 0 aromatic heterocycles. The minimum absolute atomic E-state index is 0.0809. The summed E-state index contributed by atoms with van der Waals surface area (Å²) in [6.45, 7) is 23.3. The van der Waals surface area contributed by atoms with Crippen LogP contribution in [0.5, 0.6) is 0 Å². The number of rotatable bonds is 6. The van der Waals surface area contributed by atoms with Crippen LogP contribution in [0, 0.1) is 19.8 Å². The van der Waals surface area contributed by atoms with E-state index in [2.05, 4.69) is 159 Å². The van der Waals surface area contributed by atoms with Gasteiger partial charge in [0.15, 0.2) is 0 Å². The number of hydrogen-bond donors (Lipinski definition) is 0. The third-order valence-electron chi connectivity index (χ3n) is 11.2. The predicted octanol–water partition coefficient (Wildman–Crippen LogP) is 13.2. The van der Waals surface area contributed by atoms with Crippen molar-refractivity contribution in [2.45, 2.75) is 81.2 Å². The Kier molecular flexibility index (Phi) is 8.76. The molecule has 0 bridgehead atoms. The summed E-state index contributed by atoms with van der Waals surface area (Å²) in [6, 6.07) is 29.2. The van der Waals surface area contributed by atoms with Crippen LogP contribution in [0.2, 0.25) is 13.1 Å². The molecule has 0 aliphatic heterocycles. The Hall–Kier alpha value is -1.96. The molecule has 0 amide bonds. The van der Waals surface area contributed by atoms with E-state index in [4.69, 9.17) is 17.0 Å². The number of halogens is 2. The van der Waals surface area contributed by atoms with Crippen molar-refractivity contribution in [3.8, 4) is 22.3 Å². The molecule has 0 radical (unpaired) electrons. The second kappa shape index (κ2) is 11.9. The Morgan fingerprint density at radius 2 is 1.35 bits per heavy atom. The number of allylic oxidation sites excluding steroid dienone is 2. The van der Waals surface area contributed by atoms with Crippen LogP contribution in [0.3, 0.4) is 0 Å². The van der Waals surface area contributed by atoms with Gasteiger partial charge in [-0.25, -0.2) is 0 Å². The molecule has 2 atom stereocenters. The van der Waals surface area contributed by atoms with Crippen LogP contribution in [0.1, 0.15) is 87.7 Å². The van der Waals surface area contributed by atoms with Crippen molar-refractivity contribution in [3.63, 3.8) is 0 Å². The molecule has 0 saturated heterocycles. The molecule has 239 valence electrons. The Bertz CT molecular complexity index is 1890. The van der Waals surface area contributed by atoms with Gasteiger partial charge in [-0.1, -0.05) is 0 Å². The molecule has 0 N–H and O–H groups in total. The van der Waals surface area contributed by atoms with Gasteiger partial charge in [-0.3, -0.25) is 0 Å². The van der Waals surface area contributed by atoms with E-state index in [9.17, 15) is 0 Å². The van der Waals surface area contributed by atoms with E-state index < -0.39 is 21.5 Å². The predicted molar refractivity (Wildman–Crippen MR) is 204 cm³/mol. The van der Waals surface area contributed by atoms with Gasteiger partial charge in [-0.2, -0.15) is 0 Å². The number of aryl methyl sites for hydroxylation is 1. The fraction of sp³-hybridized carbons (Fsp3) is 0.333. The van der Waals surface area contributed by atoms with Gasteiger partial charge in [0.25, 0.3) is 0 Å². The van der Waals surface area contributed by atoms with E-state index in [1.807, 2.05) is 0 Å². The van der Waals surface area contributed by atoms with E-state index in [1.165, 1.54) is 72.3 Å². The Labute approximate surface area is 286 Å². The number of fused-ring (bicyclic) bond motifs is 2. The maximum absolute atomic E-state index is 8.68. The van der Waals surface area contributed by atoms with Crippen molar-refractivity contribution in [1.82, 2.24) is 0 Å². The van der Waals surface area contributed by atoms with Gasteiger partial charge < -0.3 is 0 Å². The van der Waals surface area contributed by atoms with Gasteiger partial charge in [0.2, 0.25) is 0 Å². The van der Waals surface area contributed by atoms with Gasteiger partial charge in [0.1, 0.15) is 0 Å². The summed E-state index contributed by atoms with van der Waals surface area (Å²) in [5.74, 6) is -1.29. The van der Waals surface area contributed by atoms with Crippen LogP contribution < -0.4 is 0 Å². The average Bonchev–Trinajstić information content (AvgIpc) is 3.59. The van der Waals surface area contributed by atoms with E-state index in [-0.39, 0.29) is 12.7 Å². The summed E-state index contributed by atoms with van der Waals surface area (Å²) in [4.78, 5) is 0. The van der Waals surface area contributed by atoms with Gasteiger partial charge in [0, 0.05) is 0 Å². The van der Waals surface area contributed by atoms with E-state index in [0.717, 1.165) is 0 Å². The zero-order valence-electron chi connectivity index (χ0n) is 29.2. The first kappa shape index (κ1) is 33.9. The summed E-state index contributed by atoms with van der Waals surface area (Å²) in [6.07, 6.45) is 4.92. The second-order valence-electron chi connectivity index (χ2n) is 15.6. The third kappa shape index (κ3) is 5.26. The maximum atomic E-state index is 8.68. The van der Waals surface area contributed by atoms with Crippen LogP contribution in [0.25, 0.3) is 34.4 Å². The molecule has 4 heteroatoms. The fourth-order valence-electron chi connectivity index (χ4n) is 8.37. The molecular weight excluding hydrogens is 695 g/mol. The standard InChI is InChI=1S/C22H25.C18H17.C2H7Si.2ClH.Zr/c1-14-11-19-16(3)15(2)13-20(21(19)12-14)17-7-9-18(10-8-17)22(4,5)6;1-13(2)16-11-15-9-6-10-17(18(15)12-16)14-7-4-3-5-8-14;1-3-2;;;/h7-13H,1-6H3;3-13H,1-2H3;3H,1-2H3;2*1H;/q;;;;;+2/p-2. The Morgan fingerprint density at radius 1 is 0.717 bits per heavy atom. The van der Waals surface area contributed by atoms with Crippen molar-refractivity contribution in [2.75, 3.05) is 0 Å². The first-order valence-corrected chi connectivity index (χ1v) is 33.3. The Morgan fingerprint density at radius 3 is 1.93 bits per heavy atom. The molecule has 2 aliphatic carbocycles. The zero-order valence-corrected chi connectivity index (χ0v) is 34.4. The summed E-state index contributed by atoms with van der Waals surface area (Å²) in [7, 11) is 17.4. The molecule has 46 heavy (non-hydrogen) atoms. The van der Waals surface area contributed by atoms with Gasteiger partial charge in [-0.15, -0.1) is 0 Å². The average molecular weight is 744 g/mol. The van der Waals surface area contributed by atoms with Crippen LogP contribution in [0.15, 0.2) is 90.0 Å². The molecule has 0 saturated carbocycles. The monoisotopic (exact) mass is 741 g/mol. The van der Waals surface area contributed by atoms with Crippen LogP contribution in [0.4, 0.5) is 0 Å². The first-order valence-electron chi connectivity index (χ1n) is 17.0. The molecule has 2 unspecified atom stereocenters. The SMILES string of the molecule is CC1=Cc2c(-c3ccc(C(C)(C)C)cc3)cc(C)c(C)c2[CH]1[Zr]([Cl])([Cl])([CH]1C(C(C)C)=Cc2c(-c3ccccc3)cccc21)[SiH](C)C. The molecule has 0 nitrogen and oxygen atoms in total. The molecule has 0 fully saturated rings. The topological polar surface area (TPSA) is 0 Å². The normalized spacial score (nSPS) is 18.7. The molecule has 6 rings (SSSR count). The molecule has 0 heterocycles. The zero-order chi connectivity index (χ0) is 33.4. The molecule has 0 spiro atoms. The second-order valence-corrected chi connectivity index (χ2v) is 58.1. The summed E-state index contributed by atoms with van der Waals surface area (Å²) < 4.78 is 0.168. The third-order valence-corrected chi connectivity index (χ3v) is 63.1.